The van der Waals surface area contributed by atoms with Crippen molar-refractivity contribution in [2.75, 3.05) is 6.54 Å². The molecule has 0 radical (unpaired) electrons. The molecule has 2 aliphatic rings. The summed E-state index contributed by atoms with van der Waals surface area (Å²) < 4.78 is 43.0. The highest BCUT2D eigenvalue weighted by Crippen LogP contribution is 2.30. The zero-order valence-corrected chi connectivity index (χ0v) is 14.2. The van der Waals surface area contributed by atoms with E-state index < -0.39 is 10.0 Å². The summed E-state index contributed by atoms with van der Waals surface area (Å²) in [5.74, 6) is -0.283. The average molecular weight is 350 g/mol. The quantitative estimate of drug-likeness (QED) is 0.886. The van der Waals surface area contributed by atoms with Crippen LogP contribution in [0.3, 0.4) is 0 Å². The van der Waals surface area contributed by atoms with E-state index in [1.165, 1.54) is 22.6 Å². The molecule has 2 aliphatic heterocycles. The fraction of sp³-hybridized carbons (Fsp3) is 0.438. The Hall–Kier alpha value is -1.77. The first-order chi connectivity index (χ1) is 11.5. The Morgan fingerprint density at radius 1 is 1.33 bits per heavy atom. The van der Waals surface area contributed by atoms with Crippen molar-refractivity contribution in [3.63, 3.8) is 0 Å². The van der Waals surface area contributed by atoms with Gasteiger partial charge >= 0.3 is 0 Å². The van der Waals surface area contributed by atoms with Crippen LogP contribution in [0.15, 0.2) is 29.3 Å². The topological polar surface area (TPSA) is 67.2 Å². The van der Waals surface area contributed by atoms with E-state index in [4.69, 9.17) is 0 Å². The highest BCUT2D eigenvalue weighted by Gasteiger charge is 2.36. The molecule has 24 heavy (non-hydrogen) atoms. The van der Waals surface area contributed by atoms with Gasteiger partial charge in [-0.05, 0) is 36.6 Å². The van der Waals surface area contributed by atoms with Crippen LogP contribution in [0.25, 0.3) is 0 Å². The zero-order chi connectivity index (χ0) is 16.9. The van der Waals surface area contributed by atoms with Gasteiger partial charge in [-0.25, -0.2) is 12.8 Å². The molecule has 1 aromatic carbocycles. The Balaban J connectivity index is 1.72. The summed E-state index contributed by atoms with van der Waals surface area (Å²) >= 11 is 0. The molecule has 128 valence electrons. The summed E-state index contributed by atoms with van der Waals surface area (Å²) in [5.41, 5.74) is 2.45. The molecule has 3 heterocycles. The summed E-state index contributed by atoms with van der Waals surface area (Å²) in [6, 6.07) is 4.33. The van der Waals surface area contributed by atoms with Crippen LogP contribution in [0.5, 0.6) is 0 Å². The van der Waals surface area contributed by atoms with E-state index in [1.54, 1.807) is 10.7 Å². The third-order valence-corrected chi connectivity index (χ3v) is 6.79. The molecule has 1 N–H and O–H groups in total. The number of halogens is 1. The lowest BCUT2D eigenvalue weighted by molar-refractivity contribution is 0.308. The first-order valence-electron chi connectivity index (χ1n) is 8.01. The number of hydrogen-bond donors (Lipinski definition) is 1. The molecule has 0 saturated heterocycles. The second-order valence-electron chi connectivity index (χ2n) is 6.37. The van der Waals surface area contributed by atoms with E-state index >= 15 is 0 Å². The van der Waals surface area contributed by atoms with E-state index in [9.17, 15) is 12.8 Å². The Kier molecular flexibility index (Phi) is 3.70. The van der Waals surface area contributed by atoms with Crippen LogP contribution >= 0.6 is 0 Å². The largest absolute Gasteiger partial charge is 0.309 e. The number of sulfonamides is 1. The maximum Gasteiger partial charge on any atom is 0.247 e. The lowest BCUT2D eigenvalue weighted by Gasteiger charge is -2.34. The van der Waals surface area contributed by atoms with Crippen LogP contribution in [0.1, 0.15) is 23.7 Å². The number of hydrogen-bond acceptors (Lipinski definition) is 4. The van der Waals surface area contributed by atoms with Gasteiger partial charge in [-0.15, -0.1) is 0 Å². The fourth-order valence-electron chi connectivity index (χ4n) is 3.50. The minimum absolute atomic E-state index is 0.226. The van der Waals surface area contributed by atoms with Crippen LogP contribution < -0.4 is 5.32 Å². The van der Waals surface area contributed by atoms with E-state index in [-0.39, 0.29) is 23.3 Å². The summed E-state index contributed by atoms with van der Waals surface area (Å²) in [6.45, 7) is 4.07. The van der Waals surface area contributed by atoms with Crippen LogP contribution in [0, 0.1) is 5.82 Å². The summed E-state index contributed by atoms with van der Waals surface area (Å²) in [7, 11) is -3.65. The molecule has 2 aromatic rings. The van der Waals surface area contributed by atoms with Gasteiger partial charge in [0.25, 0.3) is 0 Å². The number of nitrogens with one attached hydrogen (secondary N) is 1. The highest BCUT2D eigenvalue weighted by atomic mass is 32.2. The number of nitrogens with zero attached hydrogens (tertiary/aromatic N) is 3. The molecule has 0 spiro atoms. The SMILES string of the molecule is CC1Cc2cc(F)ccc2CN1S(=O)(=O)c1cnn2c1CNCC2. The van der Waals surface area contributed by atoms with Crippen molar-refractivity contribution >= 4 is 10.0 Å². The standard InChI is InChI=1S/C16H19FN4O2S/c1-11-6-13-7-14(17)3-2-12(13)10-21(11)24(22,23)16-9-19-20-5-4-18-8-15(16)20/h2-3,7,9,11,18H,4-6,8,10H2,1H3. The average Bonchev–Trinajstić information content (AvgIpc) is 2.98. The molecule has 0 fully saturated rings. The monoisotopic (exact) mass is 350 g/mol. The number of fused-ring (bicyclic) bond motifs is 2. The maximum atomic E-state index is 13.4. The molecule has 1 unspecified atom stereocenters. The second kappa shape index (κ2) is 5.65. The van der Waals surface area contributed by atoms with Crippen molar-refractivity contribution in [2.45, 2.75) is 43.9 Å². The van der Waals surface area contributed by atoms with Crippen molar-refractivity contribution in [1.29, 1.82) is 0 Å². The molecular weight excluding hydrogens is 331 g/mol. The number of aromatic nitrogens is 2. The zero-order valence-electron chi connectivity index (χ0n) is 13.4. The Morgan fingerprint density at radius 3 is 3.00 bits per heavy atom. The molecule has 4 rings (SSSR count). The van der Waals surface area contributed by atoms with Gasteiger partial charge in [0.15, 0.2) is 0 Å². The molecule has 0 bridgehead atoms. The van der Waals surface area contributed by atoms with E-state index in [1.807, 2.05) is 6.92 Å². The summed E-state index contributed by atoms with van der Waals surface area (Å²) in [6.07, 6.45) is 1.96. The first-order valence-corrected chi connectivity index (χ1v) is 9.45. The minimum Gasteiger partial charge on any atom is -0.309 e. The van der Waals surface area contributed by atoms with Crippen LogP contribution in [0.4, 0.5) is 4.39 Å². The number of rotatable bonds is 2. The Bertz CT molecular complexity index is 893. The third-order valence-electron chi connectivity index (χ3n) is 4.79. The van der Waals surface area contributed by atoms with Crippen LogP contribution in [-0.2, 0) is 36.1 Å². The molecule has 1 atom stereocenters. The molecular formula is C16H19FN4O2S. The molecule has 0 saturated carbocycles. The van der Waals surface area contributed by atoms with Gasteiger partial charge in [0.05, 0.1) is 18.4 Å². The van der Waals surface area contributed by atoms with Gasteiger partial charge < -0.3 is 5.32 Å². The molecule has 8 heteroatoms. The van der Waals surface area contributed by atoms with Crippen molar-refractivity contribution in [3.05, 3.63) is 47.0 Å². The van der Waals surface area contributed by atoms with Crippen LogP contribution in [-0.4, -0.2) is 35.1 Å². The second-order valence-corrected chi connectivity index (χ2v) is 8.23. The lowest BCUT2D eigenvalue weighted by atomic mass is 9.97. The van der Waals surface area contributed by atoms with Gasteiger partial charge in [-0.2, -0.15) is 9.40 Å². The van der Waals surface area contributed by atoms with Crippen molar-refractivity contribution in [2.24, 2.45) is 0 Å². The summed E-state index contributed by atoms with van der Waals surface area (Å²) in [5, 5.41) is 7.41. The van der Waals surface area contributed by atoms with E-state index in [2.05, 4.69) is 10.4 Å². The smallest absolute Gasteiger partial charge is 0.247 e. The van der Waals surface area contributed by atoms with Gasteiger partial charge in [-0.1, -0.05) is 6.07 Å². The first kappa shape index (κ1) is 15.7. The minimum atomic E-state index is -3.65. The molecule has 1 aromatic heterocycles. The third kappa shape index (κ3) is 2.45. The normalized spacial score (nSPS) is 21.3. The number of benzene rings is 1. The summed E-state index contributed by atoms with van der Waals surface area (Å²) in [4.78, 5) is 0.270. The van der Waals surface area contributed by atoms with Crippen LogP contribution in [0.2, 0.25) is 0 Å². The highest BCUT2D eigenvalue weighted by molar-refractivity contribution is 7.89. The molecule has 0 amide bonds. The predicted octanol–water partition coefficient (Wildman–Crippen LogP) is 1.26. The Labute approximate surface area is 140 Å². The van der Waals surface area contributed by atoms with E-state index in [0.29, 0.717) is 25.2 Å². The Morgan fingerprint density at radius 2 is 2.17 bits per heavy atom. The maximum absolute atomic E-state index is 13.4. The van der Waals surface area contributed by atoms with Gasteiger partial charge in [0.1, 0.15) is 10.7 Å². The van der Waals surface area contributed by atoms with Gasteiger partial charge in [0.2, 0.25) is 10.0 Å². The predicted molar refractivity (Wildman–Crippen MR) is 86.2 cm³/mol. The molecule has 0 aliphatic carbocycles. The lowest BCUT2D eigenvalue weighted by Crippen LogP contribution is -2.43. The fourth-order valence-corrected chi connectivity index (χ4v) is 5.27. The van der Waals surface area contributed by atoms with E-state index in [0.717, 1.165) is 17.7 Å². The van der Waals surface area contributed by atoms with Gasteiger partial charge in [-0.3, -0.25) is 4.68 Å². The van der Waals surface area contributed by atoms with Crippen molar-refractivity contribution < 1.29 is 12.8 Å². The molecule has 6 nitrogen and oxygen atoms in total. The van der Waals surface area contributed by atoms with Gasteiger partial charge in [0, 0.05) is 25.7 Å². The van der Waals surface area contributed by atoms with Crippen molar-refractivity contribution in [1.82, 2.24) is 19.4 Å². The van der Waals surface area contributed by atoms with Crippen molar-refractivity contribution in [3.8, 4) is 0 Å².